The van der Waals surface area contributed by atoms with Crippen molar-refractivity contribution in [2.24, 2.45) is 0 Å². The quantitative estimate of drug-likeness (QED) is 0.0771. The van der Waals surface area contributed by atoms with Gasteiger partial charge in [0.15, 0.2) is 5.78 Å². The Morgan fingerprint density at radius 1 is 0.878 bits per heavy atom. The van der Waals surface area contributed by atoms with E-state index in [4.69, 9.17) is 28.1 Å². The van der Waals surface area contributed by atoms with Gasteiger partial charge in [0.1, 0.15) is 23.0 Å². The standard InChI is InChI=1S/C35H56N2O12/c1-7-35(5,26(2)38)48-25-11-10-22-46-30(40)18-19-31(41)49-34(3,4)20-13-24-47-33(43)37-28(32(42)44-6)15-8-9-21-36-29(39)17-16-27-14-12-23-45-27/h12,14,23,28H,7-11,13,15-22,24-25H2,1-6H3,(H,36,39)(H,37,43). The molecule has 2 N–H and O–H groups in total. The average molecular weight is 697 g/mol. The van der Waals surface area contributed by atoms with Crippen molar-refractivity contribution in [3.05, 3.63) is 24.2 Å². The van der Waals surface area contributed by atoms with Crippen LogP contribution in [0.5, 0.6) is 0 Å². The van der Waals surface area contributed by atoms with Crippen LogP contribution in [0.3, 0.4) is 0 Å². The molecule has 278 valence electrons. The maximum Gasteiger partial charge on any atom is 0.407 e. The molecule has 0 aromatic carbocycles. The van der Waals surface area contributed by atoms with E-state index in [0.717, 1.165) is 5.76 Å². The summed E-state index contributed by atoms with van der Waals surface area (Å²) in [6.45, 7) is 9.60. The smallest absolute Gasteiger partial charge is 0.407 e. The van der Waals surface area contributed by atoms with Crippen LogP contribution in [-0.4, -0.2) is 86.4 Å². The highest BCUT2D eigenvalue weighted by Crippen LogP contribution is 2.19. The summed E-state index contributed by atoms with van der Waals surface area (Å²) in [4.78, 5) is 72.5. The van der Waals surface area contributed by atoms with Crippen LogP contribution < -0.4 is 10.6 Å². The number of methoxy groups -OCH3 is 1. The number of esters is 3. The van der Waals surface area contributed by atoms with Crippen molar-refractivity contribution in [2.75, 3.05) is 33.5 Å². The number of ketones is 1. The molecule has 1 heterocycles. The number of ether oxygens (including phenoxy) is 5. The number of unbranched alkanes of at least 4 members (excludes halogenated alkanes) is 2. The molecule has 0 fully saturated rings. The third kappa shape index (κ3) is 19.6. The lowest BCUT2D eigenvalue weighted by Gasteiger charge is -2.25. The van der Waals surface area contributed by atoms with Crippen LogP contribution in [0.25, 0.3) is 0 Å². The van der Waals surface area contributed by atoms with Gasteiger partial charge in [0, 0.05) is 26.0 Å². The molecule has 1 rings (SSSR count). The summed E-state index contributed by atoms with van der Waals surface area (Å²) in [7, 11) is 1.23. The average Bonchev–Trinajstić information content (AvgIpc) is 3.58. The first-order chi connectivity index (χ1) is 23.2. The van der Waals surface area contributed by atoms with Crippen molar-refractivity contribution in [1.29, 1.82) is 0 Å². The van der Waals surface area contributed by atoms with Crippen molar-refractivity contribution >= 4 is 35.7 Å². The summed E-state index contributed by atoms with van der Waals surface area (Å²) in [6.07, 6.45) is 5.34. The Morgan fingerprint density at radius 3 is 2.22 bits per heavy atom. The van der Waals surface area contributed by atoms with Gasteiger partial charge >= 0.3 is 24.0 Å². The normalized spacial score (nSPS) is 13.0. The molecule has 49 heavy (non-hydrogen) atoms. The third-order valence-corrected chi connectivity index (χ3v) is 7.92. The number of Topliss-reactive ketones (excluding diaryl/α,β-unsaturated/α-hetero) is 1. The maximum atomic E-state index is 12.3. The van der Waals surface area contributed by atoms with Gasteiger partial charge in [0.2, 0.25) is 5.91 Å². The molecule has 0 aliphatic rings. The largest absolute Gasteiger partial charge is 0.469 e. The summed E-state index contributed by atoms with van der Waals surface area (Å²) in [5, 5.41) is 5.34. The minimum Gasteiger partial charge on any atom is -0.469 e. The van der Waals surface area contributed by atoms with Gasteiger partial charge in [0.25, 0.3) is 0 Å². The van der Waals surface area contributed by atoms with Crippen molar-refractivity contribution < 1.29 is 56.9 Å². The van der Waals surface area contributed by atoms with E-state index < -0.39 is 41.2 Å². The van der Waals surface area contributed by atoms with Crippen LogP contribution in [0, 0.1) is 0 Å². The highest BCUT2D eigenvalue weighted by molar-refractivity contribution is 5.84. The topological polar surface area (TPSA) is 186 Å². The van der Waals surface area contributed by atoms with Crippen LogP contribution in [0.4, 0.5) is 4.79 Å². The highest BCUT2D eigenvalue weighted by Gasteiger charge is 2.28. The minimum atomic E-state index is -0.903. The molecule has 0 aliphatic heterocycles. The number of amides is 2. The Bertz CT molecular complexity index is 1170. The highest BCUT2D eigenvalue weighted by atomic mass is 16.6. The number of hydrogen-bond donors (Lipinski definition) is 2. The van der Waals surface area contributed by atoms with Crippen LogP contribution in [-0.2, 0) is 54.1 Å². The van der Waals surface area contributed by atoms with Gasteiger partial charge in [-0.3, -0.25) is 19.2 Å². The van der Waals surface area contributed by atoms with Gasteiger partial charge in [-0.1, -0.05) is 6.92 Å². The van der Waals surface area contributed by atoms with E-state index in [2.05, 4.69) is 10.6 Å². The van der Waals surface area contributed by atoms with E-state index in [-0.39, 0.29) is 37.7 Å². The number of carbonyl (C=O) groups excluding carboxylic acids is 6. The number of alkyl carbamates (subject to hydrolysis) is 1. The fraction of sp³-hybridized carbons (Fsp3) is 0.714. The molecule has 0 saturated heterocycles. The van der Waals surface area contributed by atoms with Crippen LogP contribution >= 0.6 is 0 Å². The predicted octanol–water partition coefficient (Wildman–Crippen LogP) is 4.75. The molecule has 2 amide bonds. The molecule has 14 heteroatoms. The summed E-state index contributed by atoms with van der Waals surface area (Å²) < 4.78 is 31.6. The summed E-state index contributed by atoms with van der Waals surface area (Å²) in [6, 6.07) is 2.68. The monoisotopic (exact) mass is 696 g/mol. The zero-order valence-corrected chi connectivity index (χ0v) is 30.0. The second-order valence-corrected chi connectivity index (χ2v) is 12.5. The Labute approximate surface area is 289 Å². The minimum absolute atomic E-state index is 0.0224. The number of aryl methyl sites for hydroxylation is 1. The Balaban J connectivity index is 2.21. The van der Waals surface area contributed by atoms with Gasteiger partial charge in [-0.25, -0.2) is 9.59 Å². The number of furan rings is 1. The Kier molecular flexibility index (Phi) is 20.6. The molecule has 2 atom stereocenters. The molecule has 2 unspecified atom stereocenters. The van der Waals surface area contributed by atoms with Gasteiger partial charge < -0.3 is 38.7 Å². The molecule has 1 aromatic heterocycles. The van der Waals surface area contributed by atoms with E-state index in [9.17, 15) is 28.8 Å². The van der Waals surface area contributed by atoms with E-state index in [1.54, 1.807) is 33.1 Å². The lowest BCUT2D eigenvalue weighted by Crippen LogP contribution is -2.42. The fourth-order valence-electron chi connectivity index (χ4n) is 4.55. The van der Waals surface area contributed by atoms with Gasteiger partial charge in [-0.05, 0) is 91.2 Å². The summed E-state index contributed by atoms with van der Waals surface area (Å²) >= 11 is 0. The van der Waals surface area contributed by atoms with Crippen molar-refractivity contribution in [1.82, 2.24) is 10.6 Å². The van der Waals surface area contributed by atoms with Gasteiger partial charge in [-0.15, -0.1) is 0 Å². The molecule has 0 saturated carbocycles. The Morgan fingerprint density at radius 2 is 1.57 bits per heavy atom. The van der Waals surface area contributed by atoms with Gasteiger partial charge in [0.05, 0.1) is 39.4 Å². The first-order valence-electron chi connectivity index (χ1n) is 17.0. The lowest BCUT2D eigenvalue weighted by molar-refractivity contribution is -0.160. The van der Waals surface area contributed by atoms with Crippen molar-refractivity contribution in [3.63, 3.8) is 0 Å². The maximum absolute atomic E-state index is 12.3. The van der Waals surface area contributed by atoms with Crippen LogP contribution in [0.2, 0.25) is 0 Å². The van der Waals surface area contributed by atoms with E-state index >= 15 is 0 Å². The molecule has 14 nitrogen and oxygen atoms in total. The van der Waals surface area contributed by atoms with E-state index in [1.165, 1.54) is 14.0 Å². The SMILES string of the molecule is CCC(C)(OCCCCOC(=O)CCC(=O)OC(C)(C)CCCOC(=O)NC(CCCCNC(=O)CCc1ccco1)C(=O)OC)C(C)=O. The zero-order valence-electron chi connectivity index (χ0n) is 30.0. The van der Waals surface area contributed by atoms with E-state index in [1.807, 2.05) is 13.0 Å². The number of hydrogen-bond acceptors (Lipinski definition) is 12. The predicted molar refractivity (Wildman–Crippen MR) is 178 cm³/mol. The molecular formula is C35H56N2O12. The van der Waals surface area contributed by atoms with Crippen LogP contribution in [0.1, 0.15) is 111 Å². The van der Waals surface area contributed by atoms with Gasteiger partial charge in [-0.2, -0.15) is 0 Å². The molecule has 0 bridgehead atoms. The summed E-state index contributed by atoms with van der Waals surface area (Å²) in [5.41, 5.74) is -1.66. The first-order valence-corrected chi connectivity index (χ1v) is 17.0. The fourth-order valence-corrected chi connectivity index (χ4v) is 4.55. The Hall–Kier alpha value is -3.94. The second kappa shape index (κ2) is 23.4. The molecule has 1 aromatic rings. The lowest BCUT2D eigenvalue weighted by atomic mass is 9.99. The van der Waals surface area contributed by atoms with Crippen molar-refractivity contribution in [3.8, 4) is 0 Å². The van der Waals surface area contributed by atoms with Crippen molar-refractivity contribution in [2.45, 2.75) is 129 Å². The number of rotatable bonds is 26. The number of nitrogens with one attached hydrogen (secondary N) is 2. The second-order valence-electron chi connectivity index (χ2n) is 12.5. The third-order valence-electron chi connectivity index (χ3n) is 7.92. The van der Waals surface area contributed by atoms with E-state index in [0.29, 0.717) is 77.4 Å². The molecular weight excluding hydrogens is 640 g/mol. The number of carbonyl (C=O) groups is 6. The molecule has 0 spiro atoms. The van der Waals surface area contributed by atoms with Crippen LogP contribution in [0.15, 0.2) is 22.8 Å². The molecule has 0 radical (unpaired) electrons. The summed E-state index contributed by atoms with van der Waals surface area (Å²) in [5.74, 6) is -1.05. The first kappa shape index (κ1) is 43.1. The molecule has 0 aliphatic carbocycles. The zero-order chi connectivity index (χ0) is 36.7.